The molecule has 5 heteroatoms. The summed E-state index contributed by atoms with van der Waals surface area (Å²) >= 11 is 0. The predicted octanol–water partition coefficient (Wildman–Crippen LogP) is 2.64. The van der Waals surface area contributed by atoms with Crippen LogP contribution in [0.4, 0.5) is 5.69 Å². The number of carbonyl (C=O) groups is 1. The van der Waals surface area contributed by atoms with Crippen LogP contribution in [0.2, 0.25) is 0 Å². The maximum absolute atomic E-state index is 10.8. The molecule has 1 N–H and O–H groups in total. The van der Waals surface area contributed by atoms with Gasteiger partial charge in [0.15, 0.2) is 5.69 Å². The third-order valence-electron chi connectivity index (χ3n) is 2.52. The summed E-state index contributed by atoms with van der Waals surface area (Å²) in [6.45, 7) is 0. The van der Waals surface area contributed by atoms with Crippen molar-refractivity contribution < 1.29 is 14.6 Å². The van der Waals surface area contributed by atoms with Gasteiger partial charge < -0.3 is 14.7 Å². The molecule has 0 atom stereocenters. The van der Waals surface area contributed by atoms with Crippen LogP contribution in [0.25, 0.3) is 0 Å². The Morgan fingerprint density at radius 3 is 2.63 bits per heavy atom. The average molecular weight is 258 g/mol. The van der Waals surface area contributed by atoms with E-state index in [9.17, 15) is 4.79 Å². The summed E-state index contributed by atoms with van der Waals surface area (Å²) in [5.41, 5.74) is 0.964. The van der Waals surface area contributed by atoms with E-state index >= 15 is 0 Å². The molecule has 19 heavy (non-hydrogen) atoms. The van der Waals surface area contributed by atoms with Crippen LogP contribution in [-0.2, 0) is 0 Å². The van der Waals surface area contributed by atoms with Gasteiger partial charge in [0.2, 0.25) is 0 Å². The Morgan fingerprint density at radius 2 is 1.95 bits per heavy atom. The highest BCUT2D eigenvalue weighted by atomic mass is 16.5. The number of carboxylic acid groups (broad SMARTS) is 1. The first-order valence-electron chi connectivity index (χ1n) is 5.71. The predicted molar refractivity (Wildman–Crippen MR) is 72.0 cm³/mol. The minimum Gasteiger partial charge on any atom is -0.477 e. The van der Waals surface area contributed by atoms with Crippen LogP contribution in [-0.4, -0.2) is 30.2 Å². The van der Waals surface area contributed by atoms with E-state index in [-0.39, 0.29) is 5.69 Å². The summed E-state index contributed by atoms with van der Waals surface area (Å²) in [4.78, 5) is 16.5. The van der Waals surface area contributed by atoms with Gasteiger partial charge in [0, 0.05) is 38.1 Å². The summed E-state index contributed by atoms with van der Waals surface area (Å²) in [6.07, 6.45) is 1.41. The van der Waals surface area contributed by atoms with Crippen molar-refractivity contribution in [2.24, 2.45) is 0 Å². The van der Waals surface area contributed by atoms with E-state index in [2.05, 4.69) is 4.98 Å². The number of ether oxygens (including phenoxy) is 1. The second-order valence-corrected chi connectivity index (χ2v) is 4.18. The molecule has 0 amide bonds. The second-order valence-electron chi connectivity index (χ2n) is 4.18. The summed E-state index contributed by atoms with van der Waals surface area (Å²) < 4.78 is 5.63. The Labute approximate surface area is 111 Å². The molecule has 0 aliphatic heterocycles. The highest BCUT2D eigenvalue weighted by Gasteiger charge is 2.06. The normalized spacial score (nSPS) is 10.0. The molecule has 1 heterocycles. The number of hydrogen-bond acceptors (Lipinski definition) is 4. The van der Waals surface area contributed by atoms with Crippen molar-refractivity contribution in [1.29, 1.82) is 0 Å². The lowest BCUT2D eigenvalue weighted by molar-refractivity contribution is 0.0690. The van der Waals surface area contributed by atoms with E-state index in [4.69, 9.17) is 9.84 Å². The van der Waals surface area contributed by atoms with Gasteiger partial charge in [-0.1, -0.05) is 6.07 Å². The van der Waals surface area contributed by atoms with Gasteiger partial charge in [-0.25, -0.2) is 9.78 Å². The summed E-state index contributed by atoms with van der Waals surface area (Å²) in [5, 5.41) is 8.87. The Bertz CT molecular complexity index is 597. The fraction of sp³-hybridized carbons (Fsp3) is 0.143. The van der Waals surface area contributed by atoms with Gasteiger partial charge in [-0.15, -0.1) is 0 Å². The van der Waals surface area contributed by atoms with Crippen LogP contribution < -0.4 is 9.64 Å². The number of pyridine rings is 1. The standard InChI is InChI=1S/C14H14N2O3/c1-16(2)10-4-3-5-11(8-10)19-12-6-7-15-13(9-12)14(17)18/h3-9H,1-2H3,(H,17,18). The van der Waals surface area contributed by atoms with Crippen LogP contribution in [0.15, 0.2) is 42.6 Å². The quantitative estimate of drug-likeness (QED) is 0.913. The maximum Gasteiger partial charge on any atom is 0.354 e. The Morgan fingerprint density at radius 1 is 1.21 bits per heavy atom. The van der Waals surface area contributed by atoms with E-state index in [0.717, 1.165) is 5.69 Å². The molecule has 0 aliphatic carbocycles. The molecular weight excluding hydrogens is 244 g/mol. The van der Waals surface area contributed by atoms with Crippen molar-refractivity contribution in [1.82, 2.24) is 4.98 Å². The van der Waals surface area contributed by atoms with Gasteiger partial charge in [-0.2, -0.15) is 0 Å². The smallest absolute Gasteiger partial charge is 0.354 e. The number of nitrogens with zero attached hydrogens (tertiary/aromatic N) is 2. The molecule has 0 radical (unpaired) electrons. The van der Waals surface area contributed by atoms with Gasteiger partial charge in [0.1, 0.15) is 11.5 Å². The molecule has 0 saturated heterocycles. The highest BCUT2D eigenvalue weighted by Crippen LogP contribution is 2.25. The minimum atomic E-state index is -1.08. The first-order valence-corrected chi connectivity index (χ1v) is 5.71. The molecule has 1 aromatic heterocycles. The van der Waals surface area contributed by atoms with Gasteiger partial charge in [0.25, 0.3) is 0 Å². The van der Waals surface area contributed by atoms with Crippen LogP contribution >= 0.6 is 0 Å². The molecule has 0 spiro atoms. The average Bonchev–Trinajstić information content (AvgIpc) is 2.39. The van der Waals surface area contributed by atoms with Crippen molar-refractivity contribution in [3.8, 4) is 11.5 Å². The zero-order valence-electron chi connectivity index (χ0n) is 10.7. The van der Waals surface area contributed by atoms with Crippen LogP contribution in [0.3, 0.4) is 0 Å². The number of aromatic nitrogens is 1. The zero-order chi connectivity index (χ0) is 13.8. The first-order chi connectivity index (χ1) is 9.06. The van der Waals surface area contributed by atoms with Crippen molar-refractivity contribution in [3.63, 3.8) is 0 Å². The lowest BCUT2D eigenvalue weighted by Crippen LogP contribution is -2.08. The fourth-order valence-electron chi connectivity index (χ4n) is 1.55. The SMILES string of the molecule is CN(C)c1cccc(Oc2ccnc(C(=O)O)c2)c1. The fourth-order valence-corrected chi connectivity index (χ4v) is 1.55. The molecule has 2 aromatic rings. The van der Waals surface area contributed by atoms with E-state index in [1.54, 1.807) is 6.07 Å². The van der Waals surface area contributed by atoms with Crippen LogP contribution in [0.1, 0.15) is 10.5 Å². The Balaban J connectivity index is 2.23. The van der Waals surface area contributed by atoms with E-state index < -0.39 is 5.97 Å². The number of aromatic carboxylic acids is 1. The molecule has 0 saturated carbocycles. The molecule has 0 unspecified atom stereocenters. The van der Waals surface area contributed by atoms with Crippen LogP contribution in [0, 0.1) is 0 Å². The number of benzene rings is 1. The largest absolute Gasteiger partial charge is 0.477 e. The van der Waals surface area contributed by atoms with Gasteiger partial charge in [0.05, 0.1) is 0 Å². The monoisotopic (exact) mass is 258 g/mol. The number of hydrogen-bond donors (Lipinski definition) is 1. The van der Waals surface area contributed by atoms with Crippen LogP contribution in [0.5, 0.6) is 11.5 Å². The minimum absolute atomic E-state index is 0.0405. The van der Waals surface area contributed by atoms with Gasteiger partial charge in [-0.3, -0.25) is 0 Å². The third kappa shape index (κ3) is 3.22. The van der Waals surface area contributed by atoms with Crippen molar-refractivity contribution >= 4 is 11.7 Å². The zero-order valence-corrected chi connectivity index (χ0v) is 10.7. The van der Waals surface area contributed by atoms with Crippen molar-refractivity contribution in [2.75, 3.05) is 19.0 Å². The summed E-state index contributed by atoms with van der Waals surface area (Å²) in [7, 11) is 3.88. The number of carboxylic acids is 1. The molecule has 98 valence electrons. The Hall–Kier alpha value is -2.56. The number of rotatable bonds is 4. The lowest BCUT2D eigenvalue weighted by Gasteiger charge is -2.14. The molecule has 0 fully saturated rings. The summed E-state index contributed by atoms with van der Waals surface area (Å²) in [6, 6.07) is 10.5. The third-order valence-corrected chi connectivity index (χ3v) is 2.52. The molecule has 2 rings (SSSR count). The highest BCUT2D eigenvalue weighted by molar-refractivity contribution is 5.85. The number of anilines is 1. The van der Waals surface area contributed by atoms with E-state index in [1.165, 1.54) is 12.3 Å². The molecule has 5 nitrogen and oxygen atoms in total. The Kier molecular flexibility index (Phi) is 3.66. The second kappa shape index (κ2) is 5.39. The molecule has 0 bridgehead atoms. The topological polar surface area (TPSA) is 62.7 Å². The molecule has 1 aromatic carbocycles. The van der Waals surface area contributed by atoms with Crippen molar-refractivity contribution in [2.45, 2.75) is 0 Å². The maximum atomic E-state index is 10.8. The molecule has 0 aliphatic rings. The van der Waals surface area contributed by atoms with Crippen molar-refractivity contribution in [3.05, 3.63) is 48.3 Å². The first kappa shape index (κ1) is 12.9. The van der Waals surface area contributed by atoms with Gasteiger partial charge in [-0.05, 0) is 18.2 Å². The molecular formula is C14H14N2O3. The van der Waals surface area contributed by atoms with Gasteiger partial charge >= 0.3 is 5.97 Å². The summed E-state index contributed by atoms with van der Waals surface area (Å²) in [5.74, 6) is 0.0181. The van der Waals surface area contributed by atoms with E-state index in [0.29, 0.717) is 11.5 Å². The van der Waals surface area contributed by atoms with E-state index in [1.807, 2.05) is 43.3 Å². The lowest BCUT2D eigenvalue weighted by atomic mass is 10.3.